The maximum absolute atomic E-state index is 4.06. The van der Waals surface area contributed by atoms with Gasteiger partial charge in [-0.15, -0.1) is 16.9 Å². The number of benzene rings is 1. The lowest BCUT2D eigenvalue weighted by molar-refractivity contribution is 0.566. The molecule has 18 heavy (non-hydrogen) atoms. The van der Waals surface area contributed by atoms with Gasteiger partial charge in [0.15, 0.2) is 0 Å². The molecule has 0 aliphatic rings. The summed E-state index contributed by atoms with van der Waals surface area (Å²) in [5.41, 5.74) is 2.25. The molecule has 1 aromatic heterocycles. The average Bonchev–Trinajstić information content (AvgIpc) is 2.82. The molecular formula is C13H18N4S. The van der Waals surface area contributed by atoms with Crippen molar-refractivity contribution >= 4 is 11.8 Å². The number of rotatable bonds is 5. The Morgan fingerprint density at radius 3 is 2.61 bits per heavy atom. The molecule has 1 N–H and O–H groups in total. The summed E-state index contributed by atoms with van der Waals surface area (Å²) in [5, 5.41) is 11.4. The van der Waals surface area contributed by atoms with Crippen molar-refractivity contribution in [2.75, 3.05) is 6.26 Å². The first-order valence-electron chi connectivity index (χ1n) is 5.91. The summed E-state index contributed by atoms with van der Waals surface area (Å²) in [6.45, 7) is 2.89. The van der Waals surface area contributed by atoms with Gasteiger partial charge in [-0.2, -0.15) is 0 Å². The number of aryl methyl sites for hydroxylation is 1. The van der Waals surface area contributed by atoms with E-state index in [1.807, 2.05) is 13.2 Å². The van der Waals surface area contributed by atoms with Gasteiger partial charge in [0.1, 0.15) is 0 Å². The molecule has 0 spiro atoms. The maximum atomic E-state index is 4.06. The molecule has 0 radical (unpaired) electrons. The average molecular weight is 262 g/mol. The van der Waals surface area contributed by atoms with E-state index in [9.17, 15) is 0 Å². The van der Waals surface area contributed by atoms with E-state index in [0.29, 0.717) is 6.04 Å². The van der Waals surface area contributed by atoms with Crippen molar-refractivity contribution < 1.29 is 0 Å². The van der Waals surface area contributed by atoms with Crippen LogP contribution >= 0.6 is 11.8 Å². The molecule has 5 heteroatoms. The molecule has 0 saturated carbocycles. The molecule has 0 fully saturated rings. The Hall–Kier alpha value is -1.33. The minimum absolute atomic E-state index is 0.308. The van der Waals surface area contributed by atoms with Crippen molar-refractivity contribution in [1.82, 2.24) is 20.3 Å². The molecule has 2 aromatic rings. The van der Waals surface area contributed by atoms with Crippen molar-refractivity contribution in [2.45, 2.75) is 24.4 Å². The van der Waals surface area contributed by atoms with E-state index in [1.165, 1.54) is 10.5 Å². The summed E-state index contributed by atoms with van der Waals surface area (Å²) < 4.78 is 1.72. The fourth-order valence-electron chi connectivity index (χ4n) is 1.74. The summed E-state index contributed by atoms with van der Waals surface area (Å²) >= 11 is 1.76. The summed E-state index contributed by atoms with van der Waals surface area (Å²) in [5.74, 6) is 0. The SMILES string of the molecule is CSc1ccc(C(C)NCc2cn(C)nn2)cc1. The Labute approximate surface area is 112 Å². The normalized spacial score (nSPS) is 12.6. The van der Waals surface area contributed by atoms with Crippen LogP contribution in [0.2, 0.25) is 0 Å². The van der Waals surface area contributed by atoms with Gasteiger partial charge in [-0.3, -0.25) is 4.68 Å². The van der Waals surface area contributed by atoms with Crippen LogP contribution in [0.4, 0.5) is 0 Å². The van der Waals surface area contributed by atoms with Gasteiger partial charge < -0.3 is 5.32 Å². The Kier molecular flexibility index (Phi) is 4.38. The third-order valence-corrected chi connectivity index (χ3v) is 3.60. The third-order valence-electron chi connectivity index (χ3n) is 2.86. The van der Waals surface area contributed by atoms with Crippen LogP contribution in [0.3, 0.4) is 0 Å². The van der Waals surface area contributed by atoms with Crippen molar-refractivity contribution in [1.29, 1.82) is 0 Å². The molecule has 1 heterocycles. The first-order chi connectivity index (χ1) is 8.69. The van der Waals surface area contributed by atoms with Crippen LogP contribution in [0.15, 0.2) is 35.4 Å². The monoisotopic (exact) mass is 262 g/mol. The van der Waals surface area contributed by atoms with Gasteiger partial charge in [0, 0.05) is 30.7 Å². The van der Waals surface area contributed by atoms with Crippen molar-refractivity contribution in [3.63, 3.8) is 0 Å². The zero-order valence-corrected chi connectivity index (χ0v) is 11.7. The molecule has 1 aromatic carbocycles. The van der Waals surface area contributed by atoms with Gasteiger partial charge in [0.25, 0.3) is 0 Å². The Morgan fingerprint density at radius 1 is 1.33 bits per heavy atom. The second kappa shape index (κ2) is 6.02. The van der Waals surface area contributed by atoms with Gasteiger partial charge in [0.2, 0.25) is 0 Å². The number of aromatic nitrogens is 3. The Morgan fingerprint density at radius 2 is 2.06 bits per heavy atom. The van der Waals surface area contributed by atoms with Gasteiger partial charge in [-0.1, -0.05) is 17.3 Å². The van der Waals surface area contributed by atoms with E-state index >= 15 is 0 Å². The zero-order valence-electron chi connectivity index (χ0n) is 10.9. The molecule has 0 bridgehead atoms. The van der Waals surface area contributed by atoms with Gasteiger partial charge >= 0.3 is 0 Å². The second-order valence-electron chi connectivity index (χ2n) is 4.26. The number of thioether (sulfide) groups is 1. The van der Waals surface area contributed by atoms with Crippen LogP contribution in [0.5, 0.6) is 0 Å². The fourth-order valence-corrected chi connectivity index (χ4v) is 2.15. The zero-order chi connectivity index (χ0) is 13.0. The lowest BCUT2D eigenvalue weighted by Gasteiger charge is -2.13. The summed E-state index contributed by atoms with van der Waals surface area (Å²) in [7, 11) is 1.88. The van der Waals surface area contributed by atoms with Gasteiger partial charge in [-0.25, -0.2) is 0 Å². The highest BCUT2D eigenvalue weighted by Gasteiger charge is 2.06. The molecule has 1 atom stereocenters. The van der Waals surface area contributed by atoms with Crippen LogP contribution in [0, 0.1) is 0 Å². The highest BCUT2D eigenvalue weighted by atomic mass is 32.2. The minimum Gasteiger partial charge on any atom is -0.304 e. The largest absolute Gasteiger partial charge is 0.304 e. The van der Waals surface area contributed by atoms with E-state index in [1.54, 1.807) is 16.4 Å². The van der Waals surface area contributed by atoms with Crippen molar-refractivity contribution in [3.05, 3.63) is 41.7 Å². The topological polar surface area (TPSA) is 42.7 Å². The van der Waals surface area contributed by atoms with Crippen LogP contribution in [0.25, 0.3) is 0 Å². The first-order valence-corrected chi connectivity index (χ1v) is 7.14. The van der Waals surface area contributed by atoms with Gasteiger partial charge in [-0.05, 0) is 30.9 Å². The Balaban J connectivity index is 1.92. The molecule has 0 aliphatic carbocycles. The smallest absolute Gasteiger partial charge is 0.0964 e. The number of hydrogen-bond donors (Lipinski definition) is 1. The van der Waals surface area contributed by atoms with E-state index in [-0.39, 0.29) is 0 Å². The standard InChI is InChI=1S/C13H18N4S/c1-10(11-4-6-13(18-3)7-5-11)14-8-12-9-17(2)16-15-12/h4-7,9-10,14H,8H2,1-3H3. The third kappa shape index (κ3) is 3.34. The molecular weight excluding hydrogens is 244 g/mol. The first kappa shape index (κ1) is 13.1. The molecule has 0 aliphatic heterocycles. The number of nitrogens with one attached hydrogen (secondary N) is 1. The molecule has 0 saturated heterocycles. The molecule has 4 nitrogen and oxygen atoms in total. The highest BCUT2D eigenvalue weighted by molar-refractivity contribution is 7.98. The van der Waals surface area contributed by atoms with E-state index in [2.05, 4.69) is 53.1 Å². The highest BCUT2D eigenvalue weighted by Crippen LogP contribution is 2.18. The van der Waals surface area contributed by atoms with Crippen molar-refractivity contribution in [3.8, 4) is 0 Å². The molecule has 1 unspecified atom stereocenters. The lowest BCUT2D eigenvalue weighted by atomic mass is 10.1. The summed E-state index contributed by atoms with van der Waals surface area (Å²) in [6.07, 6.45) is 4.02. The summed E-state index contributed by atoms with van der Waals surface area (Å²) in [4.78, 5) is 1.29. The van der Waals surface area contributed by atoms with Crippen LogP contribution in [0.1, 0.15) is 24.2 Å². The van der Waals surface area contributed by atoms with E-state index in [0.717, 1.165) is 12.2 Å². The molecule has 2 rings (SSSR count). The fraction of sp³-hybridized carbons (Fsp3) is 0.385. The van der Waals surface area contributed by atoms with Crippen LogP contribution in [-0.2, 0) is 13.6 Å². The number of hydrogen-bond acceptors (Lipinski definition) is 4. The molecule has 0 amide bonds. The van der Waals surface area contributed by atoms with Crippen LogP contribution < -0.4 is 5.32 Å². The van der Waals surface area contributed by atoms with E-state index < -0.39 is 0 Å². The van der Waals surface area contributed by atoms with Crippen molar-refractivity contribution in [2.24, 2.45) is 7.05 Å². The quantitative estimate of drug-likeness (QED) is 0.840. The Bertz CT molecular complexity index is 492. The maximum Gasteiger partial charge on any atom is 0.0964 e. The predicted molar refractivity (Wildman–Crippen MR) is 74.5 cm³/mol. The number of nitrogens with zero attached hydrogens (tertiary/aromatic N) is 3. The van der Waals surface area contributed by atoms with Gasteiger partial charge in [0.05, 0.1) is 5.69 Å². The minimum atomic E-state index is 0.308. The summed E-state index contributed by atoms with van der Waals surface area (Å²) in [6, 6.07) is 8.95. The molecule has 96 valence electrons. The van der Waals surface area contributed by atoms with E-state index in [4.69, 9.17) is 0 Å². The lowest BCUT2D eigenvalue weighted by Crippen LogP contribution is -2.18. The van der Waals surface area contributed by atoms with Crippen LogP contribution in [-0.4, -0.2) is 21.2 Å². The second-order valence-corrected chi connectivity index (χ2v) is 5.14. The predicted octanol–water partition coefficient (Wildman–Crippen LogP) is 2.39.